The summed E-state index contributed by atoms with van der Waals surface area (Å²) in [5.41, 5.74) is 6.05. The van der Waals surface area contributed by atoms with Crippen LogP contribution in [0.25, 0.3) is 0 Å². The highest BCUT2D eigenvalue weighted by atomic mass is 19.1. The van der Waals surface area contributed by atoms with E-state index in [1.165, 1.54) is 12.1 Å². The van der Waals surface area contributed by atoms with Gasteiger partial charge in [0.15, 0.2) is 11.6 Å². The molecule has 0 saturated carbocycles. The maximum absolute atomic E-state index is 12.9. The van der Waals surface area contributed by atoms with Gasteiger partial charge in [0.05, 0.1) is 6.20 Å². The molecule has 1 aromatic heterocycles. The molecule has 2 rings (SSSR count). The molecule has 0 saturated heterocycles. The van der Waals surface area contributed by atoms with Crippen LogP contribution in [0.5, 0.6) is 6.01 Å². The second kappa shape index (κ2) is 4.95. The minimum Gasteiger partial charge on any atom is -0.456 e. The van der Waals surface area contributed by atoms with E-state index in [-0.39, 0.29) is 17.6 Å². The van der Waals surface area contributed by atoms with Crippen molar-refractivity contribution in [3.63, 3.8) is 0 Å². The normalized spacial score (nSPS) is 12.2. The fraction of sp³-hybridized carbons (Fsp3) is 0.167. The number of halogens is 2. The molecule has 0 aliphatic heterocycles. The summed E-state index contributed by atoms with van der Waals surface area (Å²) < 4.78 is 31.0. The second-order valence-electron chi connectivity index (χ2n) is 3.70. The molecule has 1 heterocycles. The molecule has 1 atom stereocenters. The van der Waals surface area contributed by atoms with Gasteiger partial charge in [-0.05, 0) is 24.6 Å². The molecule has 2 N–H and O–H groups in total. The number of rotatable bonds is 3. The lowest BCUT2D eigenvalue weighted by Gasteiger charge is -2.13. The summed E-state index contributed by atoms with van der Waals surface area (Å²) in [6.45, 7) is 1.75. The third kappa shape index (κ3) is 2.71. The van der Waals surface area contributed by atoms with Crippen molar-refractivity contribution < 1.29 is 13.5 Å². The SMILES string of the molecule is CC(Oc1ncc(F)c(N)n1)c1ccc(F)cc1. The van der Waals surface area contributed by atoms with Crippen LogP contribution < -0.4 is 10.5 Å². The highest BCUT2D eigenvalue weighted by Crippen LogP contribution is 2.19. The molecule has 4 nitrogen and oxygen atoms in total. The zero-order valence-corrected chi connectivity index (χ0v) is 9.60. The summed E-state index contributed by atoms with van der Waals surface area (Å²) >= 11 is 0. The number of benzene rings is 1. The average molecular weight is 251 g/mol. The van der Waals surface area contributed by atoms with E-state index in [0.29, 0.717) is 0 Å². The number of nitrogens with zero attached hydrogens (tertiary/aromatic N) is 2. The molecule has 6 heteroatoms. The minimum atomic E-state index is -0.697. The third-order valence-electron chi connectivity index (χ3n) is 2.37. The Labute approximate surface area is 102 Å². The van der Waals surface area contributed by atoms with E-state index in [1.54, 1.807) is 19.1 Å². The van der Waals surface area contributed by atoms with Crippen LogP contribution in [-0.2, 0) is 0 Å². The molecule has 0 radical (unpaired) electrons. The summed E-state index contributed by atoms with van der Waals surface area (Å²) in [6, 6.07) is 5.81. The van der Waals surface area contributed by atoms with Gasteiger partial charge in [0.1, 0.15) is 11.9 Å². The molecule has 1 unspecified atom stereocenters. The molecule has 0 fully saturated rings. The van der Waals surface area contributed by atoms with Crippen molar-refractivity contribution in [1.82, 2.24) is 9.97 Å². The molecule has 0 aliphatic rings. The lowest BCUT2D eigenvalue weighted by Crippen LogP contribution is -2.07. The molecule has 0 spiro atoms. The van der Waals surface area contributed by atoms with Crippen LogP contribution in [-0.4, -0.2) is 9.97 Å². The van der Waals surface area contributed by atoms with Gasteiger partial charge in [0.25, 0.3) is 0 Å². The Bertz CT molecular complexity index is 546. The maximum Gasteiger partial charge on any atom is 0.319 e. The van der Waals surface area contributed by atoms with E-state index < -0.39 is 11.9 Å². The topological polar surface area (TPSA) is 61.0 Å². The van der Waals surface area contributed by atoms with Gasteiger partial charge in [-0.2, -0.15) is 4.98 Å². The van der Waals surface area contributed by atoms with Crippen molar-refractivity contribution in [2.24, 2.45) is 0 Å². The molecular weight excluding hydrogens is 240 g/mol. The van der Waals surface area contributed by atoms with Gasteiger partial charge in [-0.1, -0.05) is 12.1 Å². The van der Waals surface area contributed by atoms with Crippen molar-refractivity contribution in [3.05, 3.63) is 47.7 Å². The summed E-state index contributed by atoms with van der Waals surface area (Å²) in [7, 11) is 0. The van der Waals surface area contributed by atoms with Gasteiger partial charge in [-0.25, -0.2) is 13.8 Å². The van der Waals surface area contributed by atoms with Crippen LogP contribution in [0.4, 0.5) is 14.6 Å². The Hall–Kier alpha value is -2.24. The Morgan fingerprint density at radius 2 is 1.89 bits per heavy atom. The molecule has 18 heavy (non-hydrogen) atoms. The fourth-order valence-corrected chi connectivity index (χ4v) is 1.38. The largest absolute Gasteiger partial charge is 0.456 e. The van der Waals surface area contributed by atoms with E-state index in [0.717, 1.165) is 11.8 Å². The van der Waals surface area contributed by atoms with Crippen LogP contribution in [0.15, 0.2) is 30.5 Å². The van der Waals surface area contributed by atoms with Crippen molar-refractivity contribution in [2.45, 2.75) is 13.0 Å². The number of nitrogen functional groups attached to an aromatic ring is 1. The first-order valence-corrected chi connectivity index (χ1v) is 5.26. The number of hydrogen-bond acceptors (Lipinski definition) is 4. The summed E-state index contributed by atoms with van der Waals surface area (Å²) in [5, 5.41) is 0. The average Bonchev–Trinajstić information content (AvgIpc) is 2.34. The van der Waals surface area contributed by atoms with Gasteiger partial charge in [-0.15, -0.1) is 0 Å². The predicted molar refractivity (Wildman–Crippen MR) is 61.8 cm³/mol. The molecule has 1 aromatic carbocycles. The van der Waals surface area contributed by atoms with Crippen LogP contribution in [0.1, 0.15) is 18.6 Å². The van der Waals surface area contributed by atoms with E-state index in [4.69, 9.17) is 10.5 Å². The standard InChI is InChI=1S/C12H11F2N3O/c1-7(8-2-4-9(13)5-3-8)18-12-16-6-10(14)11(15)17-12/h2-7H,1H3,(H2,15,16,17). The summed E-state index contributed by atoms with van der Waals surface area (Å²) in [5.74, 6) is -1.30. The lowest BCUT2D eigenvalue weighted by molar-refractivity contribution is 0.207. The van der Waals surface area contributed by atoms with Crippen molar-refractivity contribution in [1.29, 1.82) is 0 Å². The van der Waals surface area contributed by atoms with Gasteiger partial charge in [0.2, 0.25) is 0 Å². The van der Waals surface area contributed by atoms with Crippen LogP contribution in [0, 0.1) is 11.6 Å². The maximum atomic E-state index is 12.9. The molecule has 94 valence electrons. The lowest BCUT2D eigenvalue weighted by atomic mass is 10.1. The fourth-order valence-electron chi connectivity index (χ4n) is 1.38. The summed E-state index contributed by atoms with van der Waals surface area (Å²) in [4.78, 5) is 7.31. The van der Waals surface area contributed by atoms with Gasteiger partial charge < -0.3 is 10.5 Å². The van der Waals surface area contributed by atoms with E-state index in [9.17, 15) is 8.78 Å². The second-order valence-corrected chi connectivity index (χ2v) is 3.70. The first-order chi connectivity index (χ1) is 8.56. The summed E-state index contributed by atoms with van der Waals surface area (Å²) in [6.07, 6.45) is 0.546. The van der Waals surface area contributed by atoms with E-state index in [1.807, 2.05) is 0 Å². The van der Waals surface area contributed by atoms with Crippen LogP contribution >= 0.6 is 0 Å². The smallest absolute Gasteiger partial charge is 0.319 e. The van der Waals surface area contributed by atoms with E-state index >= 15 is 0 Å². The number of ether oxygens (including phenoxy) is 1. The van der Waals surface area contributed by atoms with E-state index in [2.05, 4.69) is 9.97 Å². The van der Waals surface area contributed by atoms with Crippen molar-refractivity contribution >= 4 is 5.82 Å². The number of hydrogen-bond donors (Lipinski definition) is 1. The van der Waals surface area contributed by atoms with Gasteiger partial charge in [0, 0.05) is 0 Å². The van der Waals surface area contributed by atoms with Crippen molar-refractivity contribution in [3.8, 4) is 6.01 Å². The zero-order chi connectivity index (χ0) is 13.1. The quantitative estimate of drug-likeness (QED) is 0.910. The number of nitrogens with two attached hydrogens (primary N) is 1. The highest BCUT2D eigenvalue weighted by Gasteiger charge is 2.11. The Balaban J connectivity index is 2.13. The predicted octanol–water partition coefficient (Wildman–Crippen LogP) is 2.48. The first kappa shape index (κ1) is 12.2. The highest BCUT2D eigenvalue weighted by molar-refractivity contribution is 5.29. The Morgan fingerprint density at radius 3 is 2.50 bits per heavy atom. The third-order valence-corrected chi connectivity index (χ3v) is 2.37. The number of aromatic nitrogens is 2. The van der Waals surface area contributed by atoms with Crippen molar-refractivity contribution in [2.75, 3.05) is 5.73 Å². The Kier molecular flexibility index (Phi) is 3.36. The molecule has 2 aromatic rings. The molecule has 0 amide bonds. The first-order valence-electron chi connectivity index (χ1n) is 5.26. The van der Waals surface area contributed by atoms with Gasteiger partial charge in [-0.3, -0.25) is 0 Å². The van der Waals surface area contributed by atoms with Gasteiger partial charge >= 0.3 is 6.01 Å². The minimum absolute atomic E-state index is 0.0225. The zero-order valence-electron chi connectivity index (χ0n) is 9.60. The number of anilines is 1. The monoisotopic (exact) mass is 251 g/mol. The van der Waals surface area contributed by atoms with Crippen LogP contribution in [0.3, 0.4) is 0 Å². The van der Waals surface area contributed by atoms with Crippen LogP contribution in [0.2, 0.25) is 0 Å². The molecule has 0 aliphatic carbocycles. The molecular formula is C12H11F2N3O. The Morgan fingerprint density at radius 1 is 1.22 bits per heavy atom. The molecule has 0 bridgehead atoms.